The summed E-state index contributed by atoms with van der Waals surface area (Å²) in [5, 5.41) is 12.8. The van der Waals surface area contributed by atoms with Crippen molar-refractivity contribution in [2.45, 2.75) is 46.7 Å². The molecular formula is C23H29ClN4O3S. The van der Waals surface area contributed by atoms with Crippen molar-refractivity contribution in [1.82, 2.24) is 14.9 Å². The van der Waals surface area contributed by atoms with Crippen LogP contribution in [0.25, 0.3) is 10.4 Å². The van der Waals surface area contributed by atoms with Gasteiger partial charge in [0.15, 0.2) is 0 Å². The Balaban J connectivity index is 0.00000363. The number of carbonyl (C=O) groups excluding carboxylic acids is 2. The maximum atomic E-state index is 12.9. The number of nitrogens with zero attached hydrogens (tertiary/aromatic N) is 2. The molecule has 0 saturated heterocycles. The van der Waals surface area contributed by atoms with Gasteiger partial charge in [0.25, 0.3) is 5.91 Å². The highest BCUT2D eigenvalue weighted by atomic mass is 35.5. The molecule has 1 aromatic carbocycles. The van der Waals surface area contributed by atoms with E-state index in [1.54, 1.807) is 11.3 Å². The van der Waals surface area contributed by atoms with Crippen LogP contribution in [0.15, 0.2) is 42.0 Å². The highest BCUT2D eigenvalue weighted by molar-refractivity contribution is 7.13. The molecule has 0 spiro atoms. The minimum atomic E-state index is -0.828. The third kappa shape index (κ3) is 5.38. The van der Waals surface area contributed by atoms with Crippen molar-refractivity contribution in [2.24, 2.45) is 11.1 Å². The maximum absolute atomic E-state index is 12.9. The molecule has 4 N–H and O–H groups in total. The van der Waals surface area contributed by atoms with Crippen LogP contribution in [0.5, 0.6) is 5.75 Å². The third-order valence-corrected chi connectivity index (χ3v) is 6.22. The van der Waals surface area contributed by atoms with Gasteiger partial charge in [-0.15, -0.1) is 23.7 Å². The van der Waals surface area contributed by atoms with Crippen LogP contribution in [0.3, 0.4) is 0 Å². The van der Waals surface area contributed by atoms with Gasteiger partial charge in [-0.1, -0.05) is 45.0 Å². The number of aryl methyl sites for hydroxylation is 1. The maximum Gasteiger partial charge on any atom is 0.268 e. The molecule has 9 heteroatoms. The monoisotopic (exact) mass is 476 g/mol. The standard InChI is InChI=1S/C23H28N4O3S.ClH/c1-13(15-6-8-16(9-7-15)19-14(2)25-12-31-19)26-21(29)18-10-17(28)11-27(18)22(30)20(24)23(3,4)5;/h6-13,20,28H,24H2,1-5H3,(H,26,29);1H/t13-,20+;/m0./s1. The molecule has 2 heterocycles. The Morgan fingerprint density at radius 3 is 2.38 bits per heavy atom. The quantitative estimate of drug-likeness (QED) is 0.500. The number of thiazole rings is 1. The van der Waals surface area contributed by atoms with Crippen molar-refractivity contribution in [3.8, 4) is 16.2 Å². The summed E-state index contributed by atoms with van der Waals surface area (Å²) in [5.74, 6) is -1.09. The summed E-state index contributed by atoms with van der Waals surface area (Å²) < 4.78 is 1.13. The Morgan fingerprint density at radius 1 is 1.22 bits per heavy atom. The molecule has 0 bridgehead atoms. The SMILES string of the molecule is Cc1ncsc1-c1ccc([C@H](C)NC(=O)c2cc(O)cn2C(=O)[C@@H](N)C(C)(C)C)cc1.Cl. The Bertz CT molecular complexity index is 1100. The number of aromatic nitrogens is 2. The number of nitrogens with two attached hydrogens (primary N) is 1. The van der Waals surface area contributed by atoms with Gasteiger partial charge in [-0.3, -0.25) is 14.2 Å². The fraction of sp³-hybridized carbons (Fsp3) is 0.348. The van der Waals surface area contributed by atoms with Gasteiger partial charge < -0.3 is 16.2 Å². The Kier molecular flexibility index (Phi) is 7.88. The lowest BCUT2D eigenvalue weighted by Gasteiger charge is -2.26. The highest BCUT2D eigenvalue weighted by Crippen LogP contribution is 2.28. The van der Waals surface area contributed by atoms with Gasteiger partial charge in [-0.25, -0.2) is 4.98 Å². The molecule has 1 amide bonds. The van der Waals surface area contributed by atoms with E-state index in [2.05, 4.69) is 10.3 Å². The Morgan fingerprint density at radius 2 is 1.84 bits per heavy atom. The predicted molar refractivity (Wildman–Crippen MR) is 130 cm³/mol. The molecule has 7 nitrogen and oxygen atoms in total. The lowest BCUT2D eigenvalue weighted by atomic mass is 9.87. The number of benzene rings is 1. The van der Waals surface area contributed by atoms with E-state index >= 15 is 0 Å². The van der Waals surface area contributed by atoms with Crippen molar-refractivity contribution >= 4 is 35.6 Å². The average molecular weight is 477 g/mol. The summed E-state index contributed by atoms with van der Waals surface area (Å²) in [6.07, 6.45) is 1.22. The van der Waals surface area contributed by atoms with Gasteiger partial charge in [-0.05, 0) is 30.4 Å². The van der Waals surface area contributed by atoms with Crippen LogP contribution in [0.4, 0.5) is 0 Å². The molecule has 0 aliphatic heterocycles. The molecule has 3 aromatic rings. The van der Waals surface area contributed by atoms with Crippen LogP contribution in [-0.2, 0) is 0 Å². The van der Waals surface area contributed by atoms with Gasteiger partial charge in [-0.2, -0.15) is 0 Å². The Labute approximate surface area is 198 Å². The zero-order valence-electron chi connectivity index (χ0n) is 18.7. The number of amides is 1. The summed E-state index contributed by atoms with van der Waals surface area (Å²) in [4.78, 5) is 31.1. The van der Waals surface area contributed by atoms with E-state index in [-0.39, 0.29) is 29.9 Å². The molecule has 0 aliphatic carbocycles. The largest absolute Gasteiger partial charge is 0.506 e. The number of halogens is 1. The molecule has 2 atom stereocenters. The lowest BCUT2D eigenvalue weighted by Crippen LogP contribution is -2.45. The van der Waals surface area contributed by atoms with Gasteiger partial charge >= 0.3 is 0 Å². The number of hydrogen-bond acceptors (Lipinski definition) is 6. The summed E-state index contributed by atoms with van der Waals surface area (Å²) in [7, 11) is 0. The van der Waals surface area contributed by atoms with Crippen LogP contribution >= 0.6 is 23.7 Å². The number of rotatable bonds is 5. The van der Waals surface area contributed by atoms with Crippen LogP contribution in [0, 0.1) is 12.3 Å². The minimum absolute atomic E-state index is 0. The lowest BCUT2D eigenvalue weighted by molar-refractivity contribution is 0.0792. The summed E-state index contributed by atoms with van der Waals surface area (Å²) in [5.41, 5.74) is 10.4. The fourth-order valence-electron chi connectivity index (χ4n) is 3.18. The minimum Gasteiger partial charge on any atom is -0.506 e. The molecule has 0 fully saturated rings. The molecule has 0 radical (unpaired) electrons. The second kappa shape index (κ2) is 9.85. The predicted octanol–water partition coefficient (Wildman–Crippen LogP) is 4.55. The summed E-state index contributed by atoms with van der Waals surface area (Å²) in [6.45, 7) is 9.37. The van der Waals surface area contributed by atoms with E-state index in [1.807, 2.05) is 64.4 Å². The smallest absolute Gasteiger partial charge is 0.268 e. The summed E-state index contributed by atoms with van der Waals surface area (Å²) in [6, 6.07) is 8.04. The number of aromatic hydroxyl groups is 1. The van der Waals surface area contributed by atoms with Gasteiger partial charge in [0.2, 0.25) is 5.91 Å². The zero-order chi connectivity index (χ0) is 22.9. The molecule has 32 heavy (non-hydrogen) atoms. The van der Waals surface area contributed by atoms with Gasteiger partial charge in [0.05, 0.1) is 34.4 Å². The number of carbonyl (C=O) groups is 2. The first-order chi connectivity index (χ1) is 14.5. The molecule has 0 aliphatic rings. The van der Waals surface area contributed by atoms with Crippen LogP contribution in [0.1, 0.15) is 60.3 Å². The van der Waals surface area contributed by atoms with Crippen LogP contribution in [-0.4, -0.2) is 32.5 Å². The second-order valence-electron chi connectivity index (χ2n) is 8.72. The van der Waals surface area contributed by atoms with E-state index in [0.717, 1.165) is 26.3 Å². The van der Waals surface area contributed by atoms with Crippen molar-refractivity contribution in [3.05, 3.63) is 59.0 Å². The summed E-state index contributed by atoms with van der Waals surface area (Å²) >= 11 is 1.59. The molecule has 3 rings (SSSR count). The number of hydrogen-bond donors (Lipinski definition) is 3. The van der Waals surface area contributed by atoms with E-state index in [9.17, 15) is 14.7 Å². The zero-order valence-corrected chi connectivity index (χ0v) is 20.4. The van der Waals surface area contributed by atoms with Crippen LogP contribution < -0.4 is 11.1 Å². The fourth-order valence-corrected chi connectivity index (χ4v) is 3.99. The van der Waals surface area contributed by atoms with Crippen molar-refractivity contribution in [3.63, 3.8) is 0 Å². The van der Waals surface area contributed by atoms with E-state index in [1.165, 1.54) is 12.3 Å². The molecule has 2 aromatic heterocycles. The topological polar surface area (TPSA) is 110 Å². The second-order valence-corrected chi connectivity index (χ2v) is 9.57. The van der Waals surface area contributed by atoms with Crippen LogP contribution in [0.2, 0.25) is 0 Å². The van der Waals surface area contributed by atoms with E-state index in [0.29, 0.717) is 0 Å². The van der Waals surface area contributed by atoms with Crippen molar-refractivity contribution < 1.29 is 14.7 Å². The van der Waals surface area contributed by atoms with Gasteiger partial charge in [0, 0.05) is 6.07 Å². The normalized spacial score (nSPS) is 13.2. The first kappa shape index (κ1) is 25.6. The molecular weight excluding hydrogens is 448 g/mol. The van der Waals surface area contributed by atoms with Crippen molar-refractivity contribution in [2.75, 3.05) is 0 Å². The average Bonchev–Trinajstić information content (AvgIpc) is 3.31. The van der Waals surface area contributed by atoms with E-state index in [4.69, 9.17) is 5.73 Å². The highest BCUT2D eigenvalue weighted by Gasteiger charge is 2.31. The third-order valence-electron chi connectivity index (χ3n) is 5.24. The van der Waals surface area contributed by atoms with E-state index < -0.39 is 23.3 Å². The molecule has 172 valence electrons. The first-order valence-corrected chi connectivity index (χ1v) is 10.9. The number of nitrogens with one attached hydrogen (secondary N) is 1. The molecule has 0 saturated carbocycles. The molecule has 0 unspecified atom stereocenters. The first-order valence-electron chi connectivity index (χ1n) is 10.0. The van der Waals surface area contributed by atoms with Gasteiger partial charge in [0.1, 0.15) is 11.4 Å². The Hall–Kier alpha value is -2.68. The van der Waals surface area contributed by atoms with Crippen molar-refractivity contribution in [1.29, 1.82) is 0 Å².